The van der Waals surface area contributed by atoms with Crippen LogP contribution >= 0.6 is 12.4 Å². The molecule has 2 rings (SSSR count). The van der Waals surface area contributed by atoms with Gasteiger partial charge in [0.25, 0.3) is 0 Å². The average molecular weight is 398 g/mol. The number of esters is 1. The number of phenols is 1. The van der Waals surface area contributed by atoms with E-state index < -0.39 is 0 Å². The van der Waals surface area contributed by atoms with Crippen LogP contribution in [-0.4, -0.2) is 55.1 Å². The fourth-order valence-corrected chi connectivity index (χ4v) is 3.06. The van der Waals surface area contributed by atoms with E-state index in [9.17, 15) is 14.7 Å². The quantitative estimate of drug-likeness (QED) is 0.536. The number of benzene rings is 1. The Kier molecular flexibility index (Phi) is 9.89. The van der Waals surface area contributed by atoms with Crippen LogP contribution in [0.1, 0.15) is 31.7 Å². The summed E-state index contributed by atoms with van der Waals surface area (Å²) in [6.07, 6.45) is 5.39. The van der Waals surface area contributed by atoms with E-state index in [1.165, 1.54) is 13.2 Å². The number of allylic oxidation sites excluding steroid dienone is 1. The Labute approximate surface area is 166 Å². The highest BCUT2D eigenvalue weighted by Crippen LogP contribution is 2.26. The largest absolute Gasteiger partial charge is 0.504 e. The second-order valence-corrected chi connectivity index (χ2v) is 6.37. The van der Waals surface area contributed by atoms with Crippen molar-refractivity contribution in [3.63, 3.8) is 0 Å². The highest BCUT2D eigenvalue weighted by atomic mass is 35.5. The Hall–Kier alpha value is -2.05. The molecule has 0 saturated carbocycles. The first kappa shape index (κ1) is 23.0. The maximum Gasteiger partial charge on any atom is 0.310 e. The molecule has 0 amide bonds. The van der Waals surface area contributed by atoms with Crippen molar-refractivity contribution in [1.29, 1.82) is 0 Å². The first-order valence-corrected chi connectivity index (χ1v) is 9.00. The monoisotopic (exact) mass is 397 g/mol. The van der Waals surface area contributed by atoms with Gasteiger partial charge in [-0.1, -0.05) is 12.1 Å². The summed E-state index contributed by atoms with van der Waals surface area (Å²) in [7, 11) is 1.49. The lowest BCUT2D eigenvalue weighted by Gasteiger charge is -2.31. The second kappa shape index (κ2) is 11.6. The Bertz CT molecular complexity index is 662. The molecule has 1 aliphatic heterocycles. The molecule has 27 heavy (non-hydrogen) atoms. The van der Waals surface area contributed by atoms with Crippen molar-refractivity contribution < 1.29 is 24.2 Å². The number of carbonyl (C=O) groups is 2. The molecule has 1 N–H and O–H groups in total. The summed E-state index contributed by atoms with van der Waals surface area (Å²) in [6.45, 7) is 4.40. The minimum Gasteiger partial charge on any atom is -0.504 e. The summed E-state index contributed by atoms with van der Waals surface area (Å²) < 4.78 is 10.1. The smallest absolute Gasteiger partial charge is 0.310 e. The lowest BCUT2D eigenvalue weighted by molar-refractivity contribution is -0.149. The average Bonchev–Trinajstić information content (AvgIpc) is 2.65. The van der Waals surface area contributed by atoms with E-state index in [1.54, 1.807) is 24.3 Å². The summed E-state index contributed by atoms with van der Waals surface area (Å²) >= 11 is 0. The number of methoxy groups -OCH3 is 1. The molecule has 0 aliphatic carbocycles. The lowest BCUT2D eigenvalue weighted by atomic mass is 9.98. The Morgan fingerprint density at radius 1 is 1.37 bits per heavy atom. The number of likely N-dealkylation sites (tertiary alicyclic amines) is 1. The van der Waals surface area contributed by atoms with Gasteiger partial charge in [0.1, 0.15) is 0 Å². The van der Waals surface area contributed by atoms with E-state index in [0.29, 0.717) is 31.9 Å². The molecular weight excluding hydrogens is 370 g/mol. The number of aromatic hydroxyl groups is 1. The molecule has 6 nitrogen and oxygen atoms in total. The minimum atomic E-state index is -0.136. The zero-order valence-corrected chi connectivity index (χ0v) is 16.7. The van der Waals surface area contributed by atoms with Crippen LogP contribution in [0.15, 0.2) is 24.3 Å². The normalized spacial score (nSPS) is 17.3. The van der Waals surface area contributed by atoms with Crippen LogP contribution in [0.5, 0.6) is 11.5 Å². The molecule has 1 fully saturated rings. The van der Waals surface area contributed by atoms with Crippen molar-refractivity contribution in [2.24, 2.45) is 5.92 Å². The predicted molar refractivity (Wildman–Crippen MR) is 106 cm³/mol. The van der Waals surface area contributed by atoms with Gasteiger partial charge in [-0.3, -0.25) is 9.59 Å². The van der Waals surface area contributed by atoms with Gasteiger partial charge in [-0.05, 0) is 50.1 Å². The summed E-state index contributed by atoms with van der Waals surface area (Å²) in [6, 6.07) is 4.98. The van der Waals surface area contributed by atoms with Gasteiger partial charge in [-0.25, -0.2) is 0 Å². The molecule has 7 heteroatoms. The van der Waals surface area contributed by atoms with Crippen molar-refractivity contribution >= 4 is 30.2 Å². The van der Waals surface area contributed by atoms with Gasteiger partial charge < -0.3 is 19.5 Å². The van der Waals surface area contributed by atoms with Gasteiger partial charge in [0.2, 0.25) is 0 Å². The number of ether oxygens (including phenoxy) is 2. The van der Waals surface area contributed by atoms with Crippen molar-refractivity contribution in [1.82, 2.24) is 4.90 Å². The minimum absolute atomic E-state index is 0. The van der Waals surface area contributed by atoms with Gasteiger partial charge in [0.05, 0.1) is 19.6 Å². The lowest BCUT2D eigenvalue weighted by Crippen LogP contribution is -2.40. The highest BCUT2D eigenvalue weighted by Gasteiger charge is 2.26. The van der Waals surface area contributed by atoms with E-state index >= 15 is 0 Å². The zero-order chi connectivity index (χ0) is 18.9. The molecule has 1 aromatic carbocycles. The number of carbonyl (C=O) groups excluding carboxylic acids is 2. The van der Waals surface area contributed by atoms with Crippen LogP contribution in [-0.2, 0) is 14.3 Å². The highest BCUT2D eigenvalue weighted by molar-refractivity contribution is 5.93. The van der Waals surface area contributed by atoms with Crippen molar-refractivity contribution in [3.8, 4) is 11.5 Å². The van der Waals surface area contributed by atoms with Gasteiger partial charge in [0, 0.05) is 19.5 Å². The molecule has 1 heterocycles. The standard InChI is InChI=1S/C20H27NO5.ClH/c1-3-26-20(24)16-5-4-11-21(14-16)12-10-17(22)8-6-15-7-9-19(25-2)18(23)13-15;/h6-9,13,16,23H,3-5,10-12,14H2,1-2H3;1H. The summed E-state index contributed by atoms with van der Waals surface area (Å²) in [5.74, 6) is 0.230. The number of phenolic OH excluding ortho intramolecular Hbond substituents is 1. The van der Waals surface area contributed by atoms with Gasteiger partial charge >= 0.3 is 5.97 Å². The number of ketones is 1. The Balaban J connectivity index is 0.00000364. The number of nitrogens with zero attached hydrogens (tertiary/aromatic N) is 1. The third-order valence-electron chi connectivity index (χ3n) is 4.46. The van der Waals surface area contributed by atoms with Crippen LogP contribution in [0, 0.1) is 5.92 Å². The zero-order valence-electron chi connectivity index (χ0n) is 15.8. The molecule has 0 radical (unpaired) electrons. The fraction of sp³-hybridized carbons (Fsp3) is 0.500. The maximum absolute atomic E-state index is 12.1. The Morgan fingerprint density at radius 3 is 2.81 bits per heavy atom. The number of hydrogen-bond acceptors (Lipinski definition) is 6. The first-order valence-electron chi connectivity index (χ1n) is 9.00. The molecule has 150 valence electrons. The van der Waals surface area contributed by atoms with E-state index in [1.807, 2.05) is 6.92 Å². The molecule has 1 unspecified atom stereocenters. The number of rotatable bonds is 8. The van der Waals surface area contributed by atoms with E-state index in [0.717, 1.165) is 24.9 Å². The van der Waals surface area contributed by atoms with Crippen LogP contribution < -0.4 is 4.74 Å². The van der Waals surface area contributed by atoms with Crippen LogP contribution in [0.4, 0.5) is 0 Å². The van der Waals surface area contributed by atoms with Crippen molar-refractivity contribution in [3.05, 3.63) is 29.8 Å². The van der Waals surface area contributed by atoms with Gasteiger partial charge in [-0.2, -0.15) is 0 Å². The fourth-order valence-electron chi connectivity index (χ4n) is 3.06. The summed E-state index contributed by atoms with van der Waals surface area (Å²) in [5.41, 5.74) is 0.733. The molecule has 0 bridgehead atoms. The van der Waals surface area contributed by atoms with E-state index in [2.05, 4.69) is 4.90 Å². The number of hydrogen-bond donors (Lipinski definition) is 1. The SMILES string of the molecule is CCOC(=O)C1CCCN(CCC(=O)C=Cc2ccc(OC)c(O)c2)C1.Cl. The van der Waals surface area contributed by atoms with Crippen LogP contribution in [0.25, 0.3) is 6.08 Å². The molecule has 1 aromatic rings. The molecule has 1 atom stereocenters. The van der Waals surface area contributed by atoms with Crippen molar-refractivity contribution in [2.75, 3.05) is 33.4 Å². The predicted octanol–water partition coefficient (Wildman–Crippen LogP) is 3.07. The third-order valence-corrected chi connectivity index (χ3v) is 4.46. The summed E-state index contributed by atoms with van der Waals surface area (Å²) in [4.78, 5) is 26.1. The summed E-state index contributed by atoms with van der Waals surface area (Å²) in [5, 5.41) is 9.75. The van der Waals surface area contributed by atoms with Crippen LogP contribution in [0.2, 0.25) is 0 Å². The maximum atomic E-state index is 12.1. The molecule has 1 saturated heterocycles. The number of piperidine rings is 1. The Morgan fingerprint density at radius 2 is 2.15 bits per heavy atom. The molecule has 0 aromatic heterocycles. The van der Waals surface area contributed by atoms with Gasteiger partial charge in [-0.15, -0.1) is 12.4 Å². The van der Waals surface area contributed by atoms with Crippen LogP contribution in [0.3, 0.4) is 0 Å². The topological polar surface area (TPSA) is 76.1 Å². The third kappa shape index (κ3) is 7.23. The van der Waals surface area contributed by atoms with Crippen molar-refractivity contribution in [2.45, 2.75) is 26.2 Å². The molecular formula is C20H28ClNO5. The molecule has 0 spiro atoms. The second-order valence-electron chi connectivity index (χ2n) is 6.37. The van der Waals surface area contributed by atoms with Gasteiger partial charge in [0.15, 0.2) is 17.3 Å². The molecule has 1 aliphatic rings. The number of halogens is 1. The van der Waals surface area contributed by atoms with E-state index in [-0.39, 0.29) is 35.8 Å². The van der Waals surface area contributed by atoms with E-state index in [4.69, 9.17) is 9.47 Å². The first-order chi connectivity index (χ1) is 12.5.